The summed E-state index contributed by atoms with van der Waals surface area (Å²) in [6, 6.07) is 5.83. The molecule has 1 fully saturated rings. The number of benzene rings is 1. The van der Waals surface area contributed by atoms with Crippen molar-refractivity contribution in [2.45, 2.75) is 25.4 Å². The number of hydrogen-bond donors (Lipinski definition) is 1. The van der Waals surface area contributed by atoms with Crippen LogP contribution in [0.4, 0.5) is 4.39 Å². The van der Waals surface area contributed by atoms with Gasteiger partial charge in [0.25, 0.3) is 5.91 Å². The molecule has 0 bridgehead atoms. The zero-order chi connectivity index (χ0) is 17.8. The van der Waals surface area contributed by atoms with Gasteiger partial charge >= 0.3 is 5.97 Å². The summed E-state index contributed by atoms with van der Waals surface area (Å²) in [5.41, 5.74) is 0.542. The molecule has 2 aromatic rings. The van der Waals surface area contributed by atoms with Crippen molar-refractivity contribution in [1.82, 2.24) is 9.88 Å². The maximum absolute atomic E-state index is 13.9. The Morgan fingerprint density at radius 1 is 1.40 bits per heavy atom. The molecule has 2 heterocycles. The lowest BCUT2D eigenvalue weighted by molar-refractivity contribution is -0.137. The van der Waals surface area contributed by atoms with E-state index in [9.17, 15) is 14.0 Å². The largest absolute Gasteiger partial charge is 0.481 e. The number of carbonyl (C=O) groups is 2. The van der Waals surface area contributed by atoms with Gasteiger partial charge in [-0.25, -0.2) is 4.39 Å². The highest BCUT2D eigenvalue weighted by molar-refractivity contribution is 6.05. The van der Waals surface area contributed by atoms with Gasteiger partial charge in [-0.3, -0.25) is 14.6 Å². The number of amides is 1. The minimum atomic E-state index is -0.993. The second-order valence-corrected chi connectivity index (χ2v) is 6.06. The summed E-state index contributed by atoms with van der Waals surface area (Å²) in [5.74, 6) is -1.95. The molecule has 1 aromatic carbocycles. The summed E-state index contributed by atoms with van der Waals surface area (Å²) >= 11 is 0. The number of rotatable bonds is 6. The molecule has 25 heavy (non-hydrogen) atoms. The fourth-order valence-electron chi connectivity index (χ4n) is 3.03. The van der Waals surface area contributed by atoms with Crippen molar-refractivity contribution in [2.24, 2.45) is 0 Å². The normalized spacial score (nSPS) is 16.9. The molecule has 0 radical (unpaired) electrons. The van der Waals surface area contributed by atoms with Gasteiger partial charge in [0.1, 0.15) is 5.82 Å². The summed E-state index contributed by atoms with van der Waals surface area (Å²) in [6.07, 6.45) is 2.97. The molecule has 1 aliphatic rings. The Morgan fingerprint density at radius 3 is 2.96 bits per heavy atom. The highest BCUT2D eigenvalue weighted by Gasteiger charge is 2.25. The zero-order valence-corrected chi connectivity index (χ0v) is 13.7. The Labute approximate surface area is 144 Å². The van der Waals surface area contributed by atoms with Crippen molar-refractivity contribution in [1.29, 1.82) is 0 Å². The second-order valence-electron chi connectivity index (χ2n) is 6.06. The first-order valence-corrected chi connectivity index (χ1v) is 8.21. The number of halogens is 1. The van der Waals surface area contributed by atoms with Crippen LogP contribution in [0, 0.1) is 5.82 Å². The Bertz CT molecular complexity index is 790. The molecule has 1 N–H and O–H groups in total. The van der Waals surface area contributed by atoms with Gasteiger partial charge < -0.3 is 14.7 Å². The van der Waals surface area contributed by atoms with Crippen molar-refractivity contribution in [3.8, 4) is 0 Å². The zero-order valence-electron chi connectivity index (χ0n) is 13.7. The smallest absolute Gasteiger partial charge is 0.305 e. The van der Waals surface area contributed by atoms with E-state index < -0.39 is 17.7 Å². The molecular weight excluding hydrogens is 327 g/mol. The Morgan fingerprint density at radius 2 is 2.24 bits per heavy atom. The third kappa shape index (κ3) is 4.11. The number of ether oxygens (including phenoxy) is 1. The minimum Gasteiger partial charge on any atom is -0.481 e. The van der Waals surface area contributed by atoms with E-state index in [2.05, 4.69) is 4.98 Å². The fourth-order valence-corrected chi connectivity index (χ4v) is 3.03. The number of carbonyl (C=O) groups excluding carboxylic acids is 1. The predicted molar refractivity (Wildman–Crippen MR) is 88.8 cm³/mol. The SMILES string of the molecule is O=C(O)CCN(CC1CCCO1)C(=O)c1cc(F)cc2cccnc12. The summed E-state index contributed by atoms with van der Waals surface area (Å²) in [5, 5.41) is 9.48. The first kappa shape index (κ1) is 17.3. The Kier molecular flexibility index (Phi) is 5.23. The lowest BCUT2D eigenvalue weighted by Crippen LogP contribution is -2.39. The van der Waals surface area contributed by atoms with E-state index in [0.29, 0.717) is 17.5 Å². The van der Waals surface area contributed by atoms with Gasteiger partial charge in [0.2, 0.25) is 0 Å². The molecule has 3 rings (SSSR count). The Hall–Kier alpha value is -2.54. The number of nitrogens with zero attached hydrogens (tertiary/aromatic N) is 2. The van der Waals surface area contributed by atoms with E-state index >= 15 is 0 Å². The Balaban J connectivity index is 1.91. The molecule has 0 aliphatic carbocycles. The van der Waals surface area contributed by atoms with Crippen LogP contribution >= 0.6 is 0 Å². The van der Waals surface area contributed by atoms with Crippen LogP contribution in [0.2, 0.25) is 0 Å². The van der Waals surface area contributed by atoms with Crippen LogP contribution in [0.15, 0.2) is 30.5 Å². The van der Waals surface area contributed by atoms with Crippen molar-refractivity contribution in [2.75, 3.05) is 19.7 Å². The standard InChI is InChI=1S/C18H19FN2O4/c19-13-9-12-3-1-6-20-17(12)15(10-13)18(24)21(7-5-16(22)23)11-14-4-2-8-25-14/h1,3,6,9-10,14H,2,4-5,7-8,11H2,(H,22,23). The van der Waals surface area contributed by atoms with Crippen LogP contribution in [0.1, 0.15) is 29.6 Å². The van der Waals surface area contributed by atoms with Gasteiger partial charge in [0.15, 0.2) is 0 Å². The number of carboxylic acid groups (broad SMARTS) is 1. The number of pyridine rings is 1. The van der Waals surface area contributed by atoms with Gasteiger partial charge in [-0.15, -0.1) is 0 Å². The summed E-state index contributed by atoms with van der Waals surface area (Å²) < 4.78 is 19.5. The molecule has 1 amide bonds. The molecule has 7 heteroatoms. The van der Waals surface area contributed by atoms with E-state index in [0.717, 1.165) is 18.9 Å². The summed E-state index contributed by atoms with van der Waals surface area (Å²) in [7, 11) is 0. The highest BCUT2D eigenvalue weighted by atomic mass is 19.1. The molecule has 6 nitrogen and oxygen atoms in total. The van der Waals surface area contributed by atoms with Crippen LogP contribution in [0.3, 0.4) is 0 Å². The average molecular weight is 346 g/mol. The van der Waals surface area contributed by atoms with E-state index in [-0.39, 0.29) is 31.2 Å². The molecule has 1 aliphatic heterocycles. The molecule has 0 spiro atoms. The van der Waals surface area contributed by atoms with Crippen LogP contribution in [-0.2, 0) is 9.53 Å². The number of carboxylic acids is 1. The summed E-state index contributed by atoms with van der Waals surface area (Å²) in [6.45, 7) is 0.964. The average Bonchev–Trinajstić information content (AvgIpc) is 3.10. The first-order valence-electron chi connectivity index (χ1n) is 8.21. The molecule has 1 aromatic heterocycles. The van der Waals surface area contributed by atoms with Crippen molar-refractivity contribution in [3.63, 3.8) is 0 Å². The van der Waals surface area contributed by atoms with Gasteiger partial charge in [-0.05, 0) is 31.0 Å². The fraction of sp³-hybridized carbons (Fsp3) is 0.389. The van der Waals surface area contributed by atoms with E-state index in [1.165, 1.54) is 11.0 Å². The molecule has 0 saturated carbocycles. The maximum atomic E-state index is 13.9. The predicted octanol–water partition coefficient (Wildman–Crippen LogP) is 2.47. The highest BCUT2D eigenvalue weighted by Crippen LogP contribution is 2.21. The van der Waals surface area contributed by atoms with Crippen molar-refractivity contribution < 1.29 is 23.8 Å². The topological polar surface area (TPSA) is 79.7 Å². The summed E-state index contributed by atoms with van der Waals surface area (Å²) in [4.78, 5) is 29.5. The van der Waals surface area contributed by atoms with Crippen molar-refractivity contribution >= 4 is 22.8 Å². The van der Waals surface area contributed by atoms with E-state index in [1.54, 1.807) is 18.3 Å². The number of fused-ring (bicyclic) bond motifs is 1. The van der Waals surface area contributed by atoms with Crippen LogP contribution in [0.25, 0.3) is 10.9 Å². The van der Waals surface area contributed by atoms with Gasteiger partial charge in [-0.1, -0.05) is 6.07 Å². The number of aromatic nitrogens is 1. The van der Waals surface area contributed by atoms with E-state index in [4.69, 9.17) is 9.84 Å². The van der Waals surface area contributed by atoms with Gasteiger partial charge in [-0.2, -0.15) is 0 Å². The first-order chi connectivity index (χ1) is 12.0. The number of hydrogen-bond acceptors (Lipinski definition) is 4. The third-order valence-corrected chi connectivity index (χ3v) is 4.23. The lowest BCUT2D eigenvalue weighted by atomic mass is 10.1. The number of aliphatic carboxylic acids is 1. The van der Waals surface area contributed by atoms with Crippen LogP contribution in [0.5, 0.6) is 0 Å². The molecule has 1 unspecified atom stereocenters. The molecular formula is C18H19FN2O4. The van der Waals surface area contributed by atoms with Crippen LogP contribution < -0.4 is 0 Å². The quantitative estimate of drug-likeness (QED) is 0.869. The van der Waals surface area contributed by atoms with Gasteiger partial charge in [0.05, 0.1) is 23.6 Å². The van der Waals surface area contributed by atoms with Crippen LogP contribution in [-0.4, -0.2) is 52.7 Å². The molecule has 1 atom stereocenters. The second kappa shape index (κ2) is 7.57. The maximum Gasteiger partial charge on any atom is 0.305 e. The van der Waals surface area contributed by atoms with Gasteiger partial charge in [0, 0.05) is 31.3 Å². The van der Waals surface area contributed by atoms with E-state index in [1.807, 2.05) is 0 Å². The minimum absolute atomic E-state index is 0.0405. The van der Waals surface area contributed by atoms with Crippen molar-refractivity contribution in [3.05, 3.63) is 41.8 Å². The third-order valence-electron chi connectivity index (χ3n) is 4.23. The monoisotopic (exact) mass is 346 g/mol. The molecule has 1 saturated heterocycles. The molecule has 132 valence electrons. The lowest BCUT2D eigenvalue weighted by Gasteiger charge is -2.25.